The molecule has 0 saturated carbocycles. The van der Waals surface area contributed by atoms with Crippen molar-refractivity contribution >= 4 is 5.97 Å². The summed E-state index contributed by atoms with van der Waals surface area (Å²) in [5.41, 5.74) is 6.42. The van der Waals surface area contributed by atoms with Gasteiger partial charge in [0, 0.05) is 11.5 Å². The van der Waals surface area contributed by atoms with Crippen LogP contribution in [0.3, 0.4) is 0 Å². The van der Waals surface area contributed by atoms with Crippen molar-refractivity contribution in [1.29, 1.82) is 0 Å². The van der Waals surface area contributed by atoms with E-state index < -0.39 is 11.5 Å². The van der Waals surface area contributed by atoms with E-state index in [2.05, 4.69) is 0 Å². The second-order valence-corrected chi connectivity index (χ2v) is 5.71. The summed E-state index contributed by atoms with van der Waals surface area (Å²) in [7, 11) is 0. The van der Waals surface area contributed by atoms with Gasteiger partial charge in [-0.1, -0.05) is 12.1 Å². The summed E-state index contributed by atoms with van der Waals surface area (Å²) in [6.07, 6.45) is 0.139. The zero-order chi connectivity index (χ0) is 14.6. The highest BCUT2D eigenvalue weighted by molar-refractivity contribution is 5.68. The third-order valence-electron chi connectivity index (χ3n) is 2.93. The molecule has 1 rings (SSSR count). The van der Waals surface area contributed by atoms with Crippen molar-refractivity contribution in [1.82, 2.24) is 0 Å². The van der Waals surface area contributed by atoms with Crippen LogP contribution in [0.5, 0.6) is 5.75 Å². The van der Waals surface area contributed by atoms with Crippen LogP contribution in [0.4, 0.5) is 0 Å². The fraction of sp³-hybridized carbons (Fsp3) is 0.533. The van der Waals surface area contributed by atoms with Crippen molar-refractivity contribution in [3.05, 3.63) is 29.8 Å². The Labute approximate surface area is 114 Å². The minimum Gasteiger partial charge on any atom is -0.491 e. The van der Waals surface area contributed by atoms with E-state index in [4.69, 9.17) is 15.6 Å². The molecule has 0 saturated heterocycles. The predicted octanol–water partition coefficient (Wildman–Crippen LogP) is 2.77. The van der Waals surface area contributed by atoms with E-state index in [1.54, 1.807) is 0 Å². The molecule has 0 heterocycles. The van der Waals surface area contributed by atoms with Gasteiger partial charge in [0.15, 0.2) is 0 Å². The van der Waals surface area contributed by atoms with Gasteiger partial charge in [0.25, 0.3) is 0 Å². The highest BCUT2D eigenvalue weighted by atomic mass is 16.5. The Kier molecular flexibility index (Phi) is 4.95. The van der Waals surface area contributed by atoms with Crippen LogP contribution in [-0.4, -0.2) is 22.7 Å². The Morgan fingerprint density at radius 2 is 1.84 bits per heavy atom. The number of benzene rings is 1. The molecule has 0 aliphatic heterocycles. The van der Waals surface area contributed by atoms with Gasteiger partial charge < -0.3 is 15.6 Å². The summed E-state index contributed by atoms with van der Waals surface area (Å²) in [6, 6.07) is 7.49. The molecule has 0 bridgehead atoms. The highest BCUT2D eigenvalue weighted by Crippen LogP contribution is 2.30. The zero-order valence-corrected chi connectivity index (χ0v) is 12.0. The highest BCUT2D eigenvalue weighted by Gasteiger charge is 2.28. The predicted molar refractivity (Wildman–Crippen MR) is 75.5 cm³/mol. The molecule has 106 valence electrons. The molecular weight excluding hydrogens is 242 g/mol. The molecule has 0 fully saturated rings. The fourth-order valence-corrected chi connectivity index (χ4v) is 2.04. The Bertz CT molecular complexity index is 418. The van der Waals surface area contributed by atoms with Crippen molar-refractivity contribution < 1.29 is 14.6 Å². The second kappa shape index (κ2) is 6.06. The maximum absolute atomic E-state index is 11.0. The first kappa shape index (κ1) is 15.5. The zero-order valence-electron chi connectivity index (χ0n) is 12.0. The molecule has 0 aromatic heterocycles. The molecule has 0 aliphatic rings. The van der Waals surface area contributed by atoms with Gasteiger partial charge in [0.05, 0.1) is 12.5 Å². The molecule has 19 heavy (non-hydrogen) atoms. The molecule has 4 nitrogen and oxygen atoms in total. The number of ether oxygens (including phenoxy) is 1. The fourth-order valence-electron chi connectivity index (χ4n) is 2.04. The van der Waals surface area contributed by atoms with Crippen molar-refractivity contribution in [2.24, 2.45) is 5.73 Å². The van der Waals surface area contributed by atoms with Gasteiger partial charge in [-0.25, -0.2) is 0 Å². The van der Waals surface area contributed by atoms with Crippen LogP contribution < -0.4 is 10.5 Å². The molecule has 4 heteroatoms. The van der Waals surface area contributed by atoms with Crippen LogP contribution in [0.15, 0.2) is 24.3 Å². The van der Waals surface area contributed by atoms with Crippen LogP contribution in [0.1, 0.15) is 45.6 Å². The summed E-state index contributed by atoms with van der Waals surface area (Å²) in [5, 5.41) is 9.00. The van der Waals surface area contributed by atoms with Gasteiger partial charge in [-0.3, -0.25) is 4.79 Å². The number of aliphatic carboxylic acids is 1. The minimum atomic E-state index is -0.842. The lowest BCUT2D eigenvalue weighted by molar-refractivity contribution is -0.137. The number of hydrogen-bond acceptors (Lipinski definition) is 3. The SMILES string of the molecule is CC(C)Oc1ccc(C(CC(=O)O)C(C)(C)N)cc1. The number of hydrogen-bond donors (Lipinski definition) is 2. The average molecular weight is 265 g/mol. The van der Waals surface area contributed by atoms with Crippen LogP contribution in [-0.2, 0) is 4.79 Å². The first-order valence-corrected chi connectivity index (χ1v) is 6.47. The van der Waals surface area contributed by atoms with E-state index in [1.807, 2.05) is 52.0 Å². The van der Waals surface area contributed by atoms with Gasteiger partial charge in [-0.2, -0.15) is 0 Å². The van der Waals surface area contributed by atoms with Crippen LogP contribution in [0, 0.1) is 0 Å². The normalized spacial score (nSPS) is 13.4. The topological polar surface area (TPSA) is 72.5 Å². The molecule has 1 unspecified atom stereocenters. The number of carboxylic acid groups (broad SMARTS) is 1. The Hall–Kier alpha value is -1.55. The van der Waals surface area contributed by atoms with E-state index in [1.165, 1.54) is 0 Å². The van der Waals surface area contributed by atoms with Gasteiger partial charge in [-0.05, 0) is 45.4 Å². The minimum absolute atomic E-state index is 0.0217. The first-order chi connectivity index (χ1) is 8.70. The summed E-state index contributed by atoms with van der Waals surface area (Å²) >= 11 is 0. The molecule has 1 aromatic rings. The third kappa shape index (κ3) is 4.91. The second-order valence-electron chi connectivity index (χ2n) is 5.71. The van der Waals surface area contributed by atoms with Crippen LogP contribution >= 0.6 is 0 Å². The largest absolute Gasteiger partial charge is 0.491 e. The van der Waals surface area contributed by atoms with E-state index in [0.717, 1.165) is 11.3 Å². The summed E-state index contributed by atoms with van der Waals surface area (Å²) in [6.45, 7) is 7.62. The van der Waals surface area contributed by atoms with Crippen molar-refractivity contribution in [2.75, 3.05) is 0 Å². The monoisotopic (exact) mass is 265 g/mol. The van der Waals surface area contributed by atoms with Crippen molar-refractivity contribution in [3.8, 4) is 5.75 Å². The van der Waals surface area contributed by atoms with Gasteiger partial charge in [0.2, 0.25) is 0 Å². The molecule has 0 amide bonds. The Morgan fingerprint density at radius 3 is 2.21 bits per heavy atom. The molecule has 3 N–H and O–H groups in total. The lowest BCUT2D eigenvalue weighted by atomic mass is 9.80. The van der Waals surface area contributed by atoms with E-state index in [-0.39, 0.29) is 18.4 Å². The van der Waals surface area contributed by atoms with Crippen molar-refractivity contribution in [3.63, 3.8) is 0 Å². The van der Waals surface area contributed by atoms with Gasteiger partial charge in [0.1, 0.15) is 5.75 Å². The summed E-state index contributed by atoms with van der Waals surface area (Å²) in [5.74, 6) is -0.285. The molecular formula is C15H23NO3. The Morgan fingerprint density at radius 1 is 1.32 bits per heavy atom. The molecule has 1 aromatic carbocycles. The smallest absolute Gasteiger partial charge is 0.304 e. The number of nitrogens with two attached hydrogens (primary N) is 1. The lowest BCUT2D eigenvalue weighted by Gasteiger charge is -2.30. The van der Waals surface area contributed by atoms with Crippen LogP contribution in [0.2, 0.25) is 0 Å². The maximum atomic E-state index is 11.0. The summed E-state index contributed by atoms with van der Waals surface area (Å²) in [4.78, 5) is 11.0. The van der Waals surface area contributed by atoms with Gasteiger partial charge >= 0.3 is 5.97 Å². The number of carboxylic acids is 1. The lowest BCUT2D eigenvalue weighted by Crippen LogP contribution is -2.40. The number of carbonyl (C=O) groups is 1. The quantitative estimate of drug-likeness (QED) is 0.829. The molecule has 0 aliphatic carbocycles. The standard InChI is InChI=1S/C15H23NO3/c1-10(2)19-12-7-5-11(6-8-12)13(9-14(17)18)15(3,4)16/h5-8,10,13H,9,16H2,1-4H3,(H,17,18). The number of rotatable bonds is 6. The van der Waals surface area contributed by atoms with E-state index in [9.17, 15) is 4.79 Å². The molecule has 0 radical (unpaired) electrons. The third-order valence-corrected chi connectivity index (χ3v) is 2.93. The van der Waals surface area contributed by atoms with Gasteiger partial charge in [-0.15, -0.1) is 0 Å². The van der Waals surface area contributed by atoms with E-state index in [0.29, 0.717) is 0 Å². The summed E-state index contributed by atoms with van der Waals surface area (Å²) < 4.78 is 5.57. The van der Waals surface area contributed by atoms with Crippen LogP contribution in [0.25, 0.3) is 0 Å². The first-order valence-electron chi connectivity index (χ1n) is 6.47. The Balaban J connectivity index is 2.94. The van der Waals surface area contributed by atoms with Crippen molar-refractivity contribution in [2.45, 2.75) is 51.7 Å². The molecule has 1 atom stereocenters. The maximum Gasteiger partial charge on any atom is 0.304 e. The molecule has 0 spiro atoms. The van der Waals surface area contributed by atoms with E-state index >= 15 is 0 Å². The average Bonchev–Trinajstić information content (AvgIpc) is 2.25.